The molecule has 3 aromatic carbocycles. The van der Waals surface area contributed by atoms with Crippen LogP contribution in [0.4, 0.5) is 5.69 Å². The third kappa shape index (κ3) is 3.25. The number of hydrogen-bond acceptors (Lipinski definition) is 4. The molecule has 130 valence electrons. The molecule has 4 aromatic rings. The summed E-state index contributed by atoms with van der Waals surface area (Å²) in [5, 5.41) is 0. The van der Waals surface area contributed by atoms with E-state index >= 15 is 0 Å². The Bertz CT molecular complexity index is 1140. The van der Waals surface area contributed by atoms with E-state index in [1.807, 2.05) is 36.4 Å². The van der Waals surface area contributed by atoms with Crippen LogP contribution in [0.2, 0.25) is 0 Å². The molecule has 0 unspecified atom stereocenters. The Morgan fingerprint density at radius 2 is 1.58 bits per heavy atom. The molecule has 2 N–H and O–H groups in total. The molecule has 0 saturated heterocycles. The van der Waals surface area contributed by atoms with Gasteiger partial charge in [0, 0.05) is 0 Å². The fourth-order valence-electron chi connectivity index (χ4n) is 2.56. The number of fused-ring (bicyclic) bond motifs is 1. The maximum atomic E-state index is 12.6. The summed E-state index contributed by atoms with van der Waals surface area (Å²) < 4.78 is 33.6. The molecule has 0 bridgehead atoms. The van der Waals surface area contributed by atoms with E-state index in [0.29, 0.717) is 22.7 Å². The number of sulfonamides is 1. The Kier molecular flexibility index (Phi) is 4.06. The summed E-state index contributed by atoms with van der Waals surface area (Å²) >= 11 is 0. The highest BCUT2D eigenvalue weighted by Crippen LogP contribution is 2.25. The lowest BCUT2D eigenvalue weighted by atomic mass is 10.3. The van der Waals surface area contributed by atoms with Crippen molar-refractivity contribution in [3.8, 4) is 11.5 Å². The van der Waals surface area contributed by atoms with E-state index in [9.17, 15) is 8.42 Å². The van der Waals surface area contributed by atoms with Crippen LogP contribution in [0.5, 0.6) is 11.5 Å². The number of aromatic amines is 1. The summed E-state index contributed by atoms with van der Waals surface area (Å²) in [6, 6.07) is 20.8. The lowest BCUT2D eigenvalue weighted by molar-refractivity contribution is 0.482. The standard InChI is InChI=1S/C19H15N3O3S/c23-26(24,22-18-8-4-7-17-19(18)21-13-20-17)16-11-9-15(10-12-16)25-14-5-2-1-3-6-14/h1-13,22H,(H,20,21). The summed E-state index contributed by atoms with van der Waals surface area (Å²) in [5.74, 6) is 1.25. The zero-order valence-electron chi connectivity index (χ0n) is 13.6. The third-order valence-electron chi connectivity index (χ3n) is 3.81. The lowest BCUT2D eigenvalue weighted by Crippen LogP contribution is -2.13. The summed E-state index contributed by atoms with van der Waals surface area (Å²) in [6.45, 7) is 0. The summed E-state index contributed by atoms with van der Waals surface area (Å²) in [6.07, 6.45) is 1.53. The molecule has 0 aliphatic rings. The first-order valence-corrected chi connectivity index (χ1v) is 9.38. The zero-order valence-corrected chi connectivity index (χ0v) is 14.4. The predicted octanol–water partition coefficient (Wildman–Crippen LogP) is 4.16. The van der Waals surface area contributed by atoms with E-state index in [0.717, 1.165) is 5.52 Å². The number of anilines is 1. The molecule has 0 fully saturated rings. The highest BCUT2D eigenvalue weighted by molar-refractivity contribution is 7.92. The smallest absolute Gasteiger partial charge is 0.261 e. The average molecular weight is 365 g/mol. The van der Waals surface area contributed by atoms with Crippen molar-refractivity contribution in [1.29, 1.82) is 0 Å². The molecule has 0 atom stereocenters. The van der Waals surface area contributed by atoms with Crippen molar-refractivity contribution in [2.75, 3.05) is 4.72 Å². The van der Waals surface area contributed by atoms with Crippen LogP contribution in [0.15, 0.2) is 84.0 Å². The van der Waals surface area contributed by atoms with Crippen LogP contribution in [0.1, 0.15) is 0 Å². The fraction of sp³-hybridized carbons (Fsp3) is 0. The van der Waals surface area contributed by atoms with E-state index < -0.39 is 10.0 Å². The molecule has 1 aromatic heterocycles. The molecule has 0 spiro atoms. The van der Waals surface area contributed by atoms with Crippen LogP contribution >= 0.6 is 0 Å². The van der Waals surface area contributed by atoms with Gasteiger partial charge in [0.25, 0.3) is 10.0 Å². The summed E-state index contributed by atoms with van der Waals surface area (Å²) in [7, 11) is -3.73. The van der Waals surface area contributed by atoms with Gasteiger partial charge in [0.15, 0.2) is 0 Å². The number of para-hydroxylation sites is 2. The van der Waals surface area contributed by atoms with Gasteiger partial charge in [-0.1, -0.05) is 24.3 Å². The number of H-pyrrole nitrogens is 1. The molecule has 7 heteroatoms. The third-order valence-corrected chi connectivity index (χ3v) is 5.19. The van der Waals surface area contributed by atoms with Crippen LogP contribution in [-0.4, -0.2) is 18.4 Å². The number of nitrogens with zero attached hydrogens (tertiary/aromatic N) is 1. The molecule has 0 aliphatic carbocycles. The SMILES string of the molecule is O=S(=O)(Nc1cccc2[nH]cnc12)c1ccc(Oc2ccccc2)cc1. The van der Waals surface area contributed by atoms with Crippen molar-refractivity contribution in [2.45, 2.75) is 4.90 Å². The van der Waals surface area contributed by atoms with Crippen molar-refractivity contribution in [3.05, 3.63) is 79.1 Å². The molecule has 4 rings (SSSR count). The topological polar surface area (TPSA) is 84.1 Å². The minimum Gasteiger partial charge on any atom is -0.457 e. The molecule has 0 saturated carbocycles. The number of nitrogens with one attached hydrogen (secondary N) is 2. The first kappa shape index (κ1) is 16.2. The quantitative estimate of drug-likeness (QED) is 0.556. The fourth-order valence-corrected chi connectivity index (χ4v) is 3.63. The van der Waals surface area contributed by atoms with Gasteiger partial charge in [-0.25, -0.2) is 13.4 Å². The van der Waals surface area contributed by atoms with E-state index in [1.54, 1.807) is 24.3 Å². The minimum absolute atomic E-state index is 0.144. The van der Waals surface area contributed by atoms with Crippen LogP contribution in [0.25, 0.3) is 11.0 Å². The second-order valence-corrected chi connectivity index (χ2v) is 7.28. The van der Waals surface area contributed by atoms with E-state index in [4.69, 9.17) is 4.74 Å². The first-order chi connectivity index (χ1) is 12.6. The molecule has 0 amide bonds. The van der Waals surface area contributed by atoms with E-state index in [2.05, 4.69) is 14.7 Å². The molecule has 0 aliphatic heterocycles. The number of imidazole rings is 1. The zero-order chi connectivity index (χ0) is 18.0. The van der Waals surface area contributed by atoms with Crippen LogP contribution < -0.4 is 9.46 Å². The summed E-state index contributed by atoms with van der Waals surface area (Å²) in [5.41, 5.74) is 1.75. The van der Waals surface area contributed by atoms with Crippen molar-refractivity contribution in [1.82, 2.24) is 9.97 Å². The number of hydrogen-bond donors (Lipinski definition) is 2. The van der Waals surface area contributed by atoms with Crippen molar-refractivity contribution >= 4 is 26.7 Å². The highest BCUT2D eigenvalue weighted by Gasteiger charge is 2.16. The summed E-state index contributed by atoms with van der Waals surface area (Å²) in [4.78, 5) is 7.25. The average Bonchev–Trinajstić information content (AvgIpc) is 3.13. The Labute approximate surface area is 150 Å². The van der Waals surface area contributed by atoms with Crippen molar-refractivity contribution in [2.24, 2.45) is 0 Å². The second-order valence-electron chi connectivity index (χ2n) is 5.60. The normalized spacial score (nSPS) is 11.4. The molecular weight excluding hydrogens is 350 g/mol. The molecule has 1 heterocycles. The van der Waals surface area contributed by atoms with Gasteiger partial charge in [0.2, 0.25) is 0 Å². The van der Waals surface area contributed by atoms with Crippen LogP contribution in [0, 0.1) is 0 Å². The number of aromatic nitrogens is 2. The molecule has 0 radical (unpaired) electrons. The maximum Gasteiger partial charge on any atom is 0.261 e. The Balaban J connectivity index is 1.57. The van der Waals surface area contributed by atoms with Gasteiger partial charge in [0.05, 0.1) is 22.4 Å². The molecule has 6 nitrogen and oxygen atoms in total. The van der Waals surface area contributed by atoms with Crippen LogP contribution in [0.3, 0.4) is 0 Å². The van der Waals surface area contributed by atoms with Gasteiger partial charge < -0.3 is 9.72 Å². The maximum absolute atomic E-state index is 12.6. The molecular formula is C19H15N3O3S. The van der Waals surface area contributed by atoms with Crippen molar-refractivity contribution in [3.63, 3.8) is 0 Å². The van der Waals surface area contributed by atoms with Crippen LogP contribution in [-0.2, 0) is 10.0 Å². The number of benzene rings is 3. The molecule has 26 heavy (non-hydrogen) atoms. The largest absolute Gasteiger partial charge is 0.457 e. The second kappa shape index (κ2) is 6.53. The predicted molar refractivity (Wildman–Crippen MR) is 99.9 cm³/mol. The van der Waals surface area contributed by atoms with Gasteiger partial charge >= 0.3 is 0 Å². The van der Waals surface area contributed by atoms with Gasteiger partial charge in [-0.15, -0.1) is 0 Å². The lowest BCUT2D eigenvalue weighted by Gasteiger charge is -2.10. The Morgan fingerprint density at radius 1 is 0.846 bits per heavy atom. The van der Waals surface area contributed by atoms with Gasteiger partial charge in [-0.3, -0.25) is 4.72 Å². The van der Waals surface area contributed by atoms with Gasteiger partial charge in [-0.05, 0) is 48.5 Å². The first-order valence-electron chi connectivity index (χ1n) is 7.90. The Hall–Kier alpha value is -3.32. The van der Waals surface area contributed by atoms with Gasteiger partial charge in [-0.2, -0.15) is 0 Å². The number of rotatable bonds is 5. The number of ether oxygens (including phenoxy) is 1. The van der Waals surface area contributed by atoms with E-state index in [-0.39, 0.29) is 4.90 Å². The van der Waals surface area contributed by atoms with Gasteiger partial charge in [0.1, 0.15) is 17.0 Å². The van der Waals surface area contributed by atoms with Crippen molar-refractivity contribution < 1.29 is 13.2 Å². The van der Waals surface area contributed by atoms with E-state index in [1.165, 1.54) is 18.5 Å². The minimum atomic E-state index is -3.73. The Morgan fingerprint density at radius 3 is 2.35 bits per heavy atom. The monoisotopic (exact) mass is 365 g/mol. The highest BCUT2D eigenvalue weighted by atomic mass is 32.2.